The van der Waals surface area contributed by atoms with Crippen molar-refractivity contribution in [2.24, 2.45) is 11.7 Å². The Morgan fingerprint density at radius 1 is 1.12 bits per heavy atom. The fraction of sp³-hybridized carbons (Fsp3) is 0.650. The van der Waals surface area contributed by atoms with Crippen molar-refractivity contribution in [3.05, 3.63) is 35.9 Å². The molecule has 1 aromatic rings. The summed E-state index contributed by atoms with van der Waals surface area (Å²) >= 11 is 0. The van der Waals surface area contributed by atoms with E-state index in [1.54, 1.807) is 0 Å². The smallest absolute Gasteiger partial charge is 0.237 e. The maximum absolute atomic E-state index is 13.0. The van der Waals surface area contributed by atoms with Crippen LogP contribution in [0.1, 0.15) is 44.1 Å². The van der Waals surface area contributed by atoms with Gasteiger partial charge >= 0.3 is 0 Å². The van der Waals surface area contributed by atoms with Gasteiger partial charge in [0, 0.05) is 32.2 Å². The minimum atomic E-state index is 0. The Kier molecular flexibility index (Phi) is 8.20. The number of hydrogen-bond donors (Lipinski definition) is 1. The minimum Gasteiger partial charge on any atom is -0.338 e. The molecule has 0 spiro atoms. The first-order chi connectivity index (χ1) is 11.8. The monoisotopic (exact) mass is 365 g/mol. The fourth-order valence-electron chi connectivity index (χ4n) is 4.45. The summed E-state index contributed by atoms with van der Waals surface area (Å²) in [7, 11) is 0. The molecule has 140 valence electrons. The molecule has 1 saturated carbocycles. The van der Waals surface area contributed by atoms with Crippen LogP contribution in [0.4, 0.5) is 0 Å². The van der Waals surface area contributed by atoms with E-state index in [0.717, 1.165) is 25.6 Å². The zero-order valence-corrected chi connectivity index (χ0v) is 15.9. The average molecular weight is 366 g/mol. The first-order valence-electron chi connectivity index (χ1n) is 9.53. The van der Waals surface area contributed by atoms with Gasteiger partial charge in [-0.15, -0.1) is 12.4 Å². The molecule has 2 unspecified atom stereocenters. The highest BCUT2D eigenvalue weighted by Gasteiger charge is 2.35. The number of nitrogens with zero attached hydrogens (tertiary/aromatic N) is 2. The molecule has 2 aliphatic rings. The lowest BCUT2D eigenvalue weighted by Gasteiger charge is -2.44. The Morgan fingerprint density at radius 2 is 1.84 bits per heavy atom. The number of likely N-dealkylation sites (tertiary alicyclic amines) is 1. The van der Waals surface area contributed by atoms with Gasteiger partial charge in [0.15, 0.2) is 0 Å². The van der Waals surface area contributed by atoms with E-state index in [1.807, 2.05) is 6.07 Å². The number of hydrogen-bond acceptors (Lipinski definition) is 3. The second kappa shape index (κ2) is 10.1. The molecule has 0 radical (unpaired) electrons. The quantitative estimate of drug-likeness (QED) is 0.842. The van der Waals surface area contributed by atoms with Gasteiger partial charge in [-0.2, -0.15) is 0 Å². The lowest BCUT2D eigenvalue weighted by atomic mass is 9.78. The van der Waals surface area contributed by atoms with Crippen molar-refractivity contribution in [3.63, 3.8) is 0 Å². The number of benzene rings is 1. The third kappa shape index (κ3) is 5.44. The first-order valence-corrected chi connectivity index (χ1v) is 9.53. The average Bonchev–Trinajstić information content (AvgIpc) is 2.62. The fourth-order valence-corrected chi connectivity index (χ4v) is 4.45. The number of carbonyl (C=O) groups is 1. The van der Waals surface area contributed by atoms with Crippen molar-refractivity contribution in [3.8, 4) is 0 Å². The summed E-state index contributed by atoms with van der Waals surface area (Å²) in [6.07, 6.45) is 7.61. The molecule has 2 N–H and O–H groups in total. The van der Waals surface area contributed by atoms with E-state index in [9.17, 15) is 4.79 Å². The highest BCUT2D eigenvalue weighted by atomic mass is 35.5. The van der Waals surface area contributed by atoms with Crippen molar-refractivity contribution in [2.45, 2.75) is 51.1 Å². The highest BCUT2D eigenvalue weighted by Crippen LogP contribution is 2.35. The predicted molar refractivity (Wildman–Crippen MR) is 105 cm³/mol. The Hall–Kier alpha value is -1.10. The summed E-state index contributed by atoms with van der Waals surface area (Å²) in [5.74, 6) is 1.05. The Bertz CT molecular complexity index is 523. The molecule has 3 rings (SSSR count). The molecule has 0 bridgehead atoms. The van der Waals surface area contributed by atoms with Crippen LogP contribution in [0.2, 0.25) is 0 Å². The van der Waals surface area contributed by atoms with Crippen LogP contribution in [0.25, 0.3) is 0 Å². The number of nitrogens with two attached hydrogens (primary N) is 1. The van der Waals surface area contributed by atoms with Crippen molar-refractivity contribution in [1.82, 2.24) is 9.80 Å². The Labute approximate surface area is 158 Å². The lowest BCUT2D eigenvalue weighted by Crippen LogP contribution is -2.52. The molecule has 25 heavy (non-hydrogen) atoms. The van der Waals surface area contributed by atoms with E-state index in [2.05, 4.69) is 34.1 Å². The number of piperidine rings is 1. The second-order valence-corrected chi connectivity index (χ2v) is 7.33. The summed E-state index contributed by atoms with van der Waals surface area (Å²) in [6, 6.07) is 10.9. The lowest BCUT2D eigenvalue weighted by molar-refractivity contribution is -0.138. The summed E-state index contributed by atoms with van der Waals surface area (Å²) in [6.45, 7) is 3.59. The van der Waals surface area contributed by atoms with Gasteiger partial charge < -0.3 is 10.6 Å². The first kappa shape index (κ1) is 20.2. The summed E-state index contributed by atoms with van der Waals surface area (Å²) in [5.41, 5.74) is 7.02. The van der Waals surface area contributed by atoms with Crippen LogP contribution >= 0.6 is 12.4 Å². The van der Waals surface area contributed by atoms with E-state index in [0.29, 0.717) is 25.0 Å². The summed E-state index contributed by atoms with van der Waals surface area (Å²) < 4.78 is 0. The zero-order chi connectivity index (χ0) is 16.8. The van der Waals surface area contributed by atoms with Crippen LogP contribution in [-0.2, 0) is 11.3 Å². The number of amides is 1. The van der Waals surface area contributed by atoms with Gasteiger partial charge in [-0.3, -0.25) is 9.69 Å². The summed E-state index contributed by atoms with van der Waals surface area (Å²) in [4.78, 5) is 17.4. The van der Waals surface area contributed by atoms with E-state index >= 15 is 0 Å². The SMILES string of the molecule is Cl.NCCN(CC(=O)N1CCCC2CCCCC21)Cc1ccccc1. The molecule has 1 saturated heterocycles. The number of carbonyl (C=O) groups excluding carboxylic acids is 1. The normalized spacial score (nSPS) is 23.0. The zero-order valence-electron chi connectivity index (χ0n) is 15.1. The molecule has 2 atom stereocenters. The van der Waals surface area contributed by atoms with E-state index in [-0.39, 0.29) is 12.4 Å². The third-order valence-corrected chi connectivity index (χ3v) is 5.62. The standard InChI is InChI=1S/C20H31N3O.ClH/c21-12-14-22(15-17-7-2-1-3-8-17)16-20(24)23-13-6-10-18-9-4-5-11-19(18)23;/h1-3,7-8,18-19H,4-6,9-16,21H2;1H. The third-order valence-electron chi connectivity index (χ3n) is 5.62. The molecule has 0 aromatic heterocycles. The molecule has 1 heterocycles. The van der Waals surface area contributed by atoms with E-state index < -0.39 is 0 Å². The second-order valence-electron chi connectivity index (χ2n) is 7.33. The Morgan fingerprint density at radius 3 is 2.60 bits per heavy atom. The van der Waals surface area contributed by atoms with E-state index in [4.69, 9.17) is 5.73 Å². The molecule has 4 nitrogen and oxygen atoms in total. The van der Waals surface area contributed by atoms with Gasteiger partial charge in [0.25, 0.3) is 0 Å². The number of fused-ring (bicyclic) bond motifs is 1. The molecule has 1 aliphatic heterocycles. The summed E-state index contributed by atoms with van der Waals surface area (Å²) in [5, 5.41) is 0. The van der Waals surface area contributed by atoms with Crippen LogP contribution in [0, 0.1) is 5.92 Å². The minimum absolute atomic E-state index is 0. The van der Waals surface area contributed by atoms with Crippen molar-refractivity contribution >= 4 is 18.3 Å². The topological polar surface area (TPSA) is 49.6 Å². The molecule has 1 aliphatic carbocycles. The molecular formula is C20H32ClN3O. The highest BCUT2D eigenvalue weighted by molar-refractivity contribution is 5.85. The molecular weight excluding hydrogens is 334 g/mol. The number of halogens is 1. The van der Waals surface area contributed by atoms with Crippen molar-refractivity contribution in [2.75, 3.05) is 26.2 Å². The van der Waals surface area contributed by atoms with Gasteiger partial charge in [-0.1, -0.05) is 43.2 Å². The maximum Gasteiger partial charge on any atom is 0.237 e. The van der Waals surface area contributed by atoms with E-state index in [1.165, 1.54) is 44.1 Å². The van der Waals surface area contributed by atoms with Gasteiger partial charge in [0.2, 0.25) is 5.91 Å². The van der Waals surface area contributed by atoms with Gasteiger partial charge in [-0.05, 0) is 37.2 Å². The largest absolute Gasteiger partial charge is 0.338 e. The van der Waals surface area contributed by atoms with Gasteiger partial charge in [-0.25, -0.2) is 0 Å². The van der Waals surface area contributed by atoms with Crippen LogP contribution in [-0.4, -0.2) is 47.9 Å². The van der Waals surface area contributed by atoms with Crippen LogP contribution in [0.5, 0.6) is 0 Å². The van der Waals surface area contributed by atoms with Gasteiger partial charge in [0.05, 0.1) is 6.54 Å². The number of rotatable bonds is 6. The van der Waals surface area contributed by atoms with Gasteiger partial charge in [0.1, 0.15) is 0 Å². The molecule has 1 amide bonds. The molecule has 1 aromatic carbocycles. The van der Waals surface area contributed by atoms with Crippen LogP contribution < -0.4 is 5.73 Å². The van der Waals surface area contributed by atoms with Crippen molar-refractivity contribution < 1.29 is 4.79 Å². The van der Waals surface area contributed by atoms with Crippen LogP contribution in [0.15, 0.2) is 30.3 Å². The predicted octanol–water partition coefficient (Wildman–Crippen LogP) is 3.05. The maximum atomic E-state index is 13.0. The molecule has 2 fully saturated rings. The van der Waals surface area contributed by atoms with Crippen molar-refractivity contribution in [1.29, 1.82) is 0 Å². The Balaban J connectivity index is 0.00000225. The van der Waals surface area contributed by atoms with Crippen LogP contribution in [0.3, 0.4) is 0 Å². The molecule has 5 heteroatoms.